The molecular formula is C16H13ClN2O2. The van der Waals surface area contributed by atoms with Crippen LogP contribution < -0.4 is 4.74 Å². The highest BCUT2D eigenvalue weighted by atomic mass is 35.5. The van der Waals surface area contributed by atoms with Gasteiger partial charge in [-0.1, -0.05) is 30.3 Å². The quantitative estimate of drug-likeness (QED) is 0.693. The van der Waals surface area contributed by atoms with Crippen molar-refractivity contribution in [2.75, 3.05) is 7.11 Å². The summed E-state index contributed by atoms with van der Waals surface area (Å²) in [5.74, 6) is 0.749. The molecule has 0 saturated heterocycles. The lowest BCUT2D eigenvalue weighted by molar-refractivity contribution is 0.221. The van der Waals surface area contributed by atoms with E-state index in [0.717, 1.165) is 16.9 Å². The van der Waals surface area contributed by atoms with E-state index < -0.39 is 6.10 Å². The molecule has 2 rings (SSSR count). The Labute approximate surface area is 127 Å². The van der Waals surface area contributed by atoms with Crippen molar-refractivity contribution in [3.63, 3.8) is 0 Å². The Morgan fingerprint density at radius 1 is 1.38 bits per heavy atom. The number of aromatic nitrogens is 1. The molecule has 1 atom stereocenters. The Morgan fingerprint density at radius 3 is 2.62 bits per heavy atom. The molecule has 1 N–H and O–H groups in total. The number of nitrogens with zero attached hydrogens (tertiary/aromatic N) is 2. The summed E-state index contributed by atoms with van der Waals surface area (Å²) in [4.78, 5) is 4.06. The van der Waals surface area contributed by atoms with E-state index in [1.165, 1.54) is 0 Å². The van der Waals surface area contributed by atoms with Crippen LogP contribution in [0.15, 0.2) is 48.7 Å². The molecule has 0 aliphatic carbocycles. The van der Waals surface area contributed by atoms with Gasteiger partial charge >= 0.3 is 0 Å². The van der Waals surface area contributed by atoms with Crippen LogP contribution in [0.1, 0.15) is 11.7 Å². The van der Waals surface area contributed by atoms with Gasteiger partial charge in [-0.15, -0.1) is 0 Å². The molecular weight excluding hydrogens is 288 g/mol. The lowest BCUT2D eigenvalue weighted by atomic mass is 10.0. The molecule has 106 valence electrons. The van der Waals surface area contributed by atoms with Gasteiger partial charge in [0.2, 0.25) is 0 Å². The molecule has 0 saturated carbocycles. The van der Waals surface area contributed by atoms with Crippen molar-refractivity contribution in [1.29, 1.82) is 5.26 Å². The number of rotatable bonds is 4. The fourth-order valence-corrected chi connectivity index (χ4v) is 2.05. The number of benzene rings is 1. The summed E-state index contributed by atoms with van der Waals surface area (Å²) < 4.78 is 5.11. The van der Waals surface area contributed by atoms with Gasteiger partial charge in [0, 0.05) is 17.3 Å². The first kappa shape index (κ1) is 15.0. The molecule has 0 aliphatic heterocycles. The van der Waals surface area contributed by atoms with Crippen LogP contribution in [0.3, 0.4) is 0 Å². The highest BCUT2D eigenvalue weighted by molar-refractivity contribution is 6.30. The van der Waals surface area contributed by atoms with Gasteiger partial charge in [-0.25, -0.2) is 4.98 Å². The minimum Gasteiger partial charge on any atom is -0.497 e. The molecule has 0 bridgehead atoms. The Hall–Kier alpha value is -2.35. The molecule has 4 nitrogen and oxygen atoms in total. The van der Waals surface area contributed by atoms with Gasteiger partial charge in [0.25, 0.3) is 0 Å². The van der Waals surface area contributed by atoms with Crippen molar-refractivity contribution in [3.8, 4) is 22.9 Å². The van der Waals surface area contributed by atoms with E-state index >= 15 is 0 Å². The van der Waals surface area contributed by atoms with Gasteiger partial charge in [-0.2, -0.15) is 5.26 Å². The van der Waals surface area contributed by atoms with Crippen molar-refractivity contribution in [2.45, 2.75) is 6.10 Å². The monoisotopic (exact) mass is 300 g/mol. The molecule has 1 aromatic heterocycles. The maximum absolute atomic E-state index is 10.1. The van der Waals surface area contributed by atoms with Gasteiger partial charge in [0.15, 0.2) is 0 Å². The summed E-state index contributed by atoms with van der Waals surface area (Å²) in [7, 11) is 1.60. The molecule has 0 radical (unpaired) electrons. The molecule has 0 unspecified atom stereocenters. The number of pyridine rings is 1. The van der Waals surface area contributed by atoms with E-state index in [0.29, 0.717) is 5.56 Å². The van der Waals surface area contributed by atoms with Crippen molar-refractivity contribution in [3.05, 3.63) is 59.4 Å². The average Bonchev–Trinajstić information content (AvgIpc) is 2.54. The second-order valence-electron chi connectivity index (χ2n) is 4.37. The van der Waals surface area contributed by atoms with Crippen LogP contribution in [-0.4, -0.2) is 17.2 Å². The Morgan fingerprint density at radius 2 is 2.05 bits per heavy atom. The van der Waals surface area contributed by atoms with E-state index in [2.05, 4.69) is 11.6 Å². The van der Waals surface area contributed by atoms with Crippen LogP contribution in [0.4, 0.5) is 0 Å². The molecule has 1 aromatic carbocycles. The topological polar surface area (TPSA) is 66.1 Å². The maximum Gasteiger partial charge on any atom is 0.135 e. The van der Waals surface area contributed by atoms with Crippen molar-refractivity contribution < 1.29 is 9.84 Å². The molecule has 21 heavy (non-hydrogen) atoms. The predicted octanol–water partition coefficient (Wildman–Crippen LogP) is 3.52. The van der Waals surface area contributed by atoms with E-state index in [1.54, 1.807) is 19.4 Å². The maximum atomic E-state index is 10.1. The van der Waals surface area contributed by atoms with Gasteiger partial charge < -0.3 is 9.84 Å². The van der Waals surface area contributed by atoms with E-state index in [4.69, 9.17) is 21.6 Å². The number of halogens is 1. The van der Waals surface area contributed by atoms with E-state index in [9.17, 15) is 5.11 Å². The van der Waals surface area contributed by atoms with Crippen molar-refractivity contribution in [2.24, 2.45) is 0 Å². The first-order valence-electron chi connectivity index (χ1n) is 6.13. The number of hydrogen-bond acceptors (Lipinski definition) is 4. The van der Waals surface area contributed by atoms with Crippen LogP contribution in [0.25, 0.3) is 11.1 Å². The summed E-state index contributed by atoms with van der Waals surface area (Å²) in [6, 6.07) is 10.9. The summed E-state index contributed by atoms with van der Waals surface area (Å²) in [6.45, 7) is 3.50. The Kier molecular flexibility index (Phi) is 4.59. The predicted molar refractivity (Wildman–Crippen MR) is 80.9 cm³/mol. The van der Waals surface area contributed by atoms with Gasteiger partial charge in [-0.3, -0.25) is 0 Å². The Bertz CT molecular complexity index is 705. The number of ether oxygens (including phenoxy) is 1. The SMILES string of the molecule is C=C(C#N)[C@H](O)c1cc(-c2ccc(OC)cc2)cnc1Cl. The lowest BCUT2D eigenvalue weighted by Gasteiger charge is -2.12. The normalized spacial score (nSPS) is 11.5. The lowest BCUT2D eigenvalue weighted by Crippen LogP contribution is -2.01. The third kappa shape index (κ3) is 3.22. The molecule has 5 heteroatoms. The minimum absolute atomic E-state index is 0.0191. The van der Waals surface area contributed by atoms with Crippen LogP contribution in [0.5, 0.6) is 5.75 Å². The molecule has 0 aliphatic rings. The van der Waals surface area contributed by atoms with E-state index in [1.807, 2.05) is 30.3 Å². The first-order chi connectivity index (χ1) is 10.1. The molecule has 1 heterocycles. The summed E-state index contributed by atoms with van der Waals surface area (Å²) >= 11 is 5.99. The fourth-order valence-electron chi connectivity index (χ4n) is 1.85. The zero-order valence-corrected chi connectivity index (χ0v) is 12.1. The Balaban J connectivity index is 2.42. The summed E-state index contributed by atoms with van der Waals surface area (Å²) in [5.41, 5.74) is 2.06. The number of methoxy groups -OCH3 is 1. The summed E-state index contributed by atoms with van der Waals surface area (Å²) in [5, 5.41) is 19.0. The van der Waals surface area contributed by atoms with Crippen molar-refractivity contribution >= 4 is 11.6 Å². The molecule has 0 fully saturated rings. The van der Waals surface area contributed by atoms with E-state index in [-0.39, 0.29) is 10.7 Å². The van der Waals surface area contributed by atoms with Gasteiger partial charge in [-0.05, 0) is 23.8 Å². The minimum atomic E-state index is -1.16. The molecule has 0 spiro atoms. The van der Waals surface area contributed by atoms with Gasteiger partial charge in [0.05, 0.1) is 18.8 Å². The van der Waals surface area contributed by atoms with Gasteiger partial charge in [0.1, 0.15) is 17.0 Å². The zero-order chi connectivity index (χ0) is 15.4. The van der Waals surface area contributed by atoms with Crippen LogP contribution in [0, 0.1) is 11.3 Å². The largest absolute Gasteiger partial charge is 0.497 e. The number of nitriles is 1. The molecule has 2 aromatic rings. The number of hydrogen-bond donors (Lipinski definition) is 1. The summed E-state index contributed by atoms with van der Waals surface area (Å²) in [6.07, 6.45) is 0.448. The first-order valence-corrected chi connectivity index (χ1v) is 6.51. The second kappa shape index (κ2) is 6.40. The smallest absolute Gasteiger partial charge is 0.135 e. The standard InChI is InChI=1S/C16H13ClN2O2/c1-10(8-18)15(20)14-7-12(9-19-16(14)17)11-3-5-13(21-2)6-4-11/h3-7,9,15,20H,1H2,2H3/t15-/m0/s1. The highest BCUT2D eigenvalue weighted by Gasteiger charge is 2.17. The number of aliphatic hydroxyl groups excluding tert-OH is 1. The third-order valence-electron chi connectivity index (χ3n) is 3.06. The second-order valence-corrected chi connectivity index (χ2v) is 4.73. The molecule has 0 amide bonds. The van der Waals surface area contributed by atoms with Crippen LogP contribution in [0.2, 0.25) is 5.15 Å². The average molecular weight is 301 g/mol. The fraction of sp³-hybridized carbons (Fsp3) is 0.125. The number of aliphatic hydroxyl groups is 1. The zero-order valence-electron chi connectivity index (χ0n) is 11.4. The third-order valence-corrected chi connectivity index (χ3v) is 3.37. The highest BCUT2D eigenvalue weighted by Crippen LogP contribution is 2.30. The van der Waals surface area contributed by atoms with Crippen LogP contribution in [-0.2, 0) is 0 Å². The van der Waals surface area contributed by atoms with Crippen molar-refractivity contribution in [1.82, 2.24) is 4.98 Å². The van der Waals surface area contributed by atoms with Crippen LogP contribution >= 0.6 is 11.6 Å².